The van der Waals surface area contributed by atoms with Gasteiger partial charge in [0.15, 0.2) is 0 Å². The minimum absolute atomic E-state index is 0.447. The normalized spacial score (nSPS) is 14.6. The van der Waals surface area contributed by atoms with Crippen LogP contribution >= 0.6 is 0 Å². The lowest BCUT2D eigenvalue weighted by atomic mass is 9.68. The second-order valence-electron chi connectivity index (χ2n) is 16.2. The van der Waals surface area contributed by atoms with Gasteiger partial charge in [0.1, 0.15) is 0 Å². The van der Waals surface area contributed by atoms with Crippen LogP contribution in [-0.2, 0) is 5.41 Å². The highest BCUT2D eigenvalue weighted by Crippen LogP contribution is 2.56. The highest BCUT2D eigenvalue weighted by atomic mass is 15.1. The highest BCUT2D eigenvalue weighted by Gasteiger charge is 2.45. The molecule has 0 unspecified atom stereocenters. The molecule has 1 heteroatoms. The molecule has 0 aromatic heterocycles. The van der Waals surface area contributed by atoms with E-state index in [4.69, 9.17) is 0 Å². The van der Waals surface area contributed by atoms with Crippen LogP contribution in [0.4, 0.5) is 17.1 Å². The average Bonchev–Trinajstić information content (AvgIpc) is 3.61. The summed E-state index contributed by atoms with van der Waals surface area (Å²) in [5.41, 5.74) is 14.9. The molecule has 0 N–H and O–H groups in total. The van der Waals surface area contributed by atoms with Crippen molar-refractivity contribution < 1.29 is 0 Å². The third kappa shape index (κ3) is 5.52. The molecule has 2 aliphatic carbocycles. The zero-order valence-corrected chi connectivity index (χ0v) is 32.7. The van der Waals surface area contributed by atoms with E-state index in [-0.39, 0.29) is 0 Å². The van der Waals surface area contributed by atoms with E-state index < -0.39 is 5.41 Å². The van der Waals surface area contributed by atoms with Crippen LogP contribution in [0.5, 0.6) is 0 Å². The molecule has 0 saturated heterocycles. The third-order valence-corrected chi connectivity index (χ3v) is 13.1. The van der Waals surface area contributed by atoms with Crippen LogP contribution in [0.3, 0.4) is 0 Å². The van der Waals surface area contributed by atoms with E-state index >= 15 is 0 Å². The number of hydrogen-bond acceptors (Lipinski definition) is 1. The first-order chi connectivity index (χ1) is 28.8. The van der Waals surface area contributed by atoms with Gasteiger partial charge in [-0.25, -0.2) is 0 Å². The summed E-state index contributed by atoms with van der Waals surface area (Å²) in [5, 5.41) is 5.19. The van der Waals surface area contributed by atoms with E-state index in [1.165, 1.54) is 109 Å². The first kappa shape index (κ1) is 34.5. The lowest BCUT2D eigenvalue weighted by Crippen LogP contribution is -2.28. The maximum atomic E-state index is 2.49. The Morgan fingerprint density at radius 1 is 0.379 bits per heavy atom. The maximum absolute atomic E-state index is 2.49. The first-order valence-electron chi connectivity index (χ1n) is 21.0. The molecule has 58 heavy (non-hydrogen) atoms. The van der Waals surface area contributed by atoms with E-state index in [2.05, 4.69) is 211 Å². The quantitative estimate of drug-likeness (QED) is 0.157. The van der Waals surface area contributed by atoms with Crippen LogP contribution in [0.2, 0.25) is 0 Å². The Morgan fingerprint density at radius 2 is 0.931 bits per heavy atom. The zero-order chi connectivity index (χ0) is 38.5. The lowest BCUT2D eigenvalue weighted by molar-refractivity contribution is 0.445. The summed E-state index contributed by atoms with van der Waals surface area (Å²) in [7, 11) is 0. The van der Waals surface area contributed by atoms with Gasteiger partial charge in [-0.15, -0.1) is 0 Å². The minimum Gasteiger partial charge on any atom is -0.310 e. The van der Waals surface area contributed by atoms with E-state index in [9.17, 15) is 0 Å². The third-order valence-electron chi connectivity index (χ3n) is 13.1. The first-order valence-corrected chi connectivity index (χ1v) is 21.0. The molecule has 0 amide bonds. The average molecular weight is 744 g/mol. The standard InChI is InChI=1S/C57H45N/c1-3-18-41(19-4-1)48-28-15-21-42-22-16-29-52(56(42)48)51-27-11-14-32-55(51)58(47-36-33-40-17-7-8-20-43(40)39-47)46-37-34-45(35-38-46)57(44-23-5-2-6-24-44)53-30-12-9-25-49(53)50-26-10-13-31-54(50)57/h2,5-17,20-39,41H,1,3-4,18-19H2. The van der Waals surface area contributed by atoms with Gasteiger partial charge in [0, 0.05) is 16.9 Å². The van der Waals surface area contributed by atoms with Crippen molar-refractivity contribution in [3.8, 4) is 22.3 Å². The molecule has 2 aliphatic rings. The van der Waals surface area contributed by atoms with Gasteiger partial charge in [-0.05, 0) is 115 Å². The summed E-state index contributed by atoms with van der Waals surface area (Å²) >= 11 is 0. The number of nitrogens with zero attached hydrogens (tertiary/aromatic N) is 1. The van der Waals surface area contributed by atoms with Crippen LogP contribution in [-0.4, -0.2) is 0 Å². The van der Waals surface area contributed by atoms with Gasteiger partial charge < -0.3 is 4.90 Å². The molecule has 0 spiro atoms. The smallest absolute Gasteiger partial charge is 0.0713 e. The summed E-state index contributed by atoms with van der Waals surface area (Å²) in [4.78, 5) is 2.49. The predicted octanol–water partition coefficient (Wildman–Crippen LogP) is 15.5. The summed E-state index contributed by atoms with van der Waals surface area (Å²) < 4.78 is 0. The molecule has 0 atom stereocenters. The number of rotatable bonds is 7. The van der Waals surface area contributed by atoms with Crippen molar-refractivity contribution >= 4 is 38.6 Å². The molecule has 0 aliphatic heterocycles. The summed E-state index contributed by atoms with van der Waals surface area (Å²) in [5.74, 6) is 0.595. The minimum atomic E-state index is -0.447. The molecule has 0 heterocycles. The van der Waals surface area contributed by atoms with Crippen LogP contribution in [0.25, 0.3) is 43.8 Å². The van der Waals surface area contributed by atoms with Crippen LogP contribution in [0.15, 0.2) is 206 Å². The number of benzene rings is 9. The van der Waals surface area contributed by atoms with Gasteiger partial charge in [0.05, 0.1) is 11.1 Å². The van der Waals surface area contributed by atoms with Crippen LogP contribution in [0.1, 0.15) is 65.8 Å². The van der Waals surface area contributed by atoms with Crippen LogP contribution in [0, 0.1) is 0 Å². The molecule has 1 fully saturated rings. The fraction of sp³-hybridized carbons (Fsp3) is 0.123. The molecule has 278 valence electrons. The van der Waals surface area contributed by atoms with Crippen molar-refractivity contribution in [1.29, 1.82) is 0 Å². The number of para-hydroxylation sites is 1. The lowest BCUT2D eigenvalue weighted by Gasteiger charge is -2.34. The predicted molar refractivity (Wildman–Crippen MR) is 245 cm³/mol. The second kappa shape index (κ2) is 14.4. The van der Waals surface area contributed by atoms with Crippen molar-refractivity contribution in [2.45, 2.75) is 43.4 Å². The number of hydrogen-bond donors (Lipinski definition) is 0. The van der Waals surface area contributed by atoms with Gasteiger partial charge in [0.25, 0.3) is 0 Å². The Bertz CT molecular complexity index is 2880. The van der Waals surface area contributed by atoms with Gasteiger partial charge in [0.2, 0.25) is 0 Å². The molecule has 1 nitrogen and oxygen atoms in total. The molecular formula is C57H45N. The van der Waals surface area contributed by atoms with Crippen molar-refractivity contribution in [1.82, 2.24) is 0 Å². The summed E-state index contributed by atoms with van der Waals surface area (Å²) in [6.07, 6.45) is 6.51. The van der Waals surface area contributed by atoms with E-state index in [0.29, 0.717) is 5.92 Å². The Labute approximate surface area is 341 Å². The summed E-state index contributed by atoms with van der Waals surface area (Å²) in [6.45, 7) is 0. The Hall–Kier alpha value is -6.70. The monoisotopic (exact) mass is 743 g/mol. The number of anilines is 3. The molecule has 9 aromatic carbocycles. The molecular weight excluding hydrogens is 699 g/mol. The largest absolute Gasteiger partial charge is 0.310 e. The Kier molecular flexibility index (Phi) is 8.55. The zero-order valence-electron chi connectivity index (χ0n) is 32.7. The van der Waals surface area contributed by atoms with E-state index in [0.717, 1.165) is 11.4 Å². The highest BCUT2D eigenvalue weighted by molar-refractivity contribution is 6.04. The fourth-order valence-corrected chi connectivity index (χ4v) is 10.6. The molecule has 0 radical (unpaired) electrons. The fourth-order valence-electron chi connectivity index (χ4n) is 10.6. The summed E-state index contributed by atoms with van der Waals surface area (Å²) in [6, 6.07) is 77.1. The van der Waals surface area contributed by atoms with Crippen molar-refractivity contribution in [2.75, 3.05) is 4.90 Å². The van der Waals surface area contributed by atoms with Gasteiger partial charge >= 0.3 is 0 Å². The van der Waals surface area contributed by atoms with Crippen molar-refractivity contribution in [2.24, 2.45) is 0 Å². The molecule has 1 saturated carbocycles. The Balaban J connectivity index is 1.13. The van der Waals surface area contributed by atoms with E-state index in [1.807, 2.05) is 0 Å². The SMILES string of the molecule is c1ccc(C2(c3ccc(N(c4ccc5ccccc5c4)c4ccccc4-c4cccc5cccc(C6CCCCC6)c45)cc3)c3ccccc3-c3ccccc32)cc1. The molecule has 9 aromatic rings. The van der Waals surface area contributed by atoms with Gasteiger partial charge in [-0.3, -0.25) is 0 Å². The molecule has 0 bridgehead atoms. The van der Waals surface area contributed by atoms with Crippen molar-refractivity contribution in [3.05, 3.63) is 234 Å². The van der Waals surface area contributed by atoms with Crippen LogP contribution < -0.4 is 4.90 Å². The van der Waals surface area contributed by atoms with Gasteiger partial charge in [-0.2, -0.15) is 0 Å². The Morgan fingerprint density at radius 3 is 1.67 bits per heavy atom. The maximum Gasteiger partial charge on any atom is 0.0713 e. The topological polar surface area (TPSA) is 3.24 Å². The number of fused-ring (bicyclic) bond motifs is 5. The molecule has 11 rings (SSSR count). The van der Waals surface area contributed by atoms with Gasteiger partial charge in [-0.1, -0.05) is 195 Å². The van der Waals surface area contributed by atoms with E-state index in [1.54, 1.807) is 0 Å². The second-order valence-corrected chi connectivity index (χ2v) is 16.2. The van der Waals surface area contributed by atoms with Crippen molar-refractivity contribution in [3.63, 3.8) is 0 Å².